The average Bonchev–Trinajstić information content (AvgIpc) is 2.04. The van der Waals surface area contributed by atoms with Crippen molar-refractivity contribution in [3.63, 3.8) is 0 Å². The van der Waals surface area contributed by atoms with Crippen molar-refractivity contribution >= 4 is 0 Å². The van der Waals surface area contributed by atoms with E-state index in [9.17, 15) is 0 Å². The molecule has 0 saturated carbocycles. The maximum absolute atomic E-state index is 8.47. The van der Waals surface area contributed by atoms with Gasteiger partial charge in [-0.1, -0.05) is 32.0 Å². The van der Waals surface area contributed by atoms with Gasteiger partial charge in [-0.05, 0) is 12.0 Å². The molecule has 1 rings (SSSR count). The Morgan fingerprint density at radius 1 is 1.27 bits per heavy atom. The zero-order chi connectivity index (χ0) is 8.27. The van der Waals surface area contributed by atoms with Crippen LogP contribution >= 0.6 is 0 Å². The number of benzene rings is 1. The average molecular weight is 152 g/mol. The van der Waals surface area contributed by atoms with E-state index in [2.05, 4.69) is 18.7 Å². The molecule has 0 bridgehead atoms. The molecule has 0 unspecified atom stereocenters. The molecule has 0 aromatic heterocycles. The van der Waals surface area contributed by atoms with Crippen LogP contribution in [0.5, 0.6) is 5.75 Å². The van der Waals surface area contributed by atoms with Crippen molar-refractivity contribution in [1.29, 1.82) is 0 Å². The highest BCUT2D eigenvalue weighted by Crippen LogP contribution is 2.24. The van der Waals surface area contributed by atoms with Gasteiger partial charge in [-0.3, -0.25) is 0 Å². The topological polar surface area (TPSA) is 29.5 Å². The van der Waals surface area contributed by atoms with E-state index >= 15 is 0 Å². The van der Waals surface area contributed by atoms with Crippen LogP contribution in [0.1, 0.15) is 25.3 Å². The van der Waals surface area contributed by atoms with E-state index in [1.54, 1.807) is 6.07 Å². The quantitative estimate of drug-likeness (QED) is 0.521. The summed E-state index contributed by atoms with van der Waals surface area (Å²) in [7, 11) is 0. The zero-order valence-corrected chi connectivity index (χ0v) is 6.74. The smallest absolute Gasteiger partial charge is 0.168 e. The van der Waals surface area contributed by atoms with Crippen LogP contribution in [0.25, 0.3) is 0 Å². The minimum absolute atomic E-state index is 0.373. The van der Waals surface area contributed by atoms with Crippen LogP contribution in [0.3, 0.4) is 0 Å². The molecule has 0 heterocycles. The lowest BCUT2D eigenvalue weighted by molar-refractivity contribution is -0.138. The Balaban J connectivity index is 3.02. The Hall–Kier alpha value is -1.02. The Kier molecular flexibility index (Phi) is 2.49. The Morgan fingerprint density at radius 3 is 2.36 bits per heavy atom. The molecule has 0 atom stereocenters. The first kappa shape index (κ1) is 8.08. The maximum Gasteiger partial charge on any atom is 0.168 e. The largest absolute Gasteiger partial charge is 0.340 e. The summed E-state index contributed by atoms with van der Waals surface area (Å²) in [5, 5.41) is 8.47. The summed E-state index contributed by atoms with van der Waals surface area (Å²) < 4.78 is 0. The van der Waals surface area contributed by atoms with Crippen LogP contribution < -0.4 is 4.89 Å². The lowest BCUT2D eigenvalue weighted by atomic mass is 10.0. The molecule has 60 valence electrons. The molecule has 11 heavy (non-hydrogen) atoms. The van der Waals surface area contributed by atoms with Gasteiger partial charge in [0.25, 0.3) is 0 Å². The Labute approximate surface area is 66.4 Å². The second-order valence-corrected chi connectivity index (χ2v) is 2.78. The van der Waals surface area contributed by atoms with Crippen molar-refractivity contribution < 1.29 is 10.1 Å². The van der Waals surface area contributed by atoms with E-state index in [0.29, 0.717) is 11.7 Å². The van der Waals surface area contributed by atoms with Crippen LogP contribution in [0.4, 0.5) is 0 Å². The van der Waals surface area contributed by atoms with Crippen LogP contribution in [-0.4, -0.2) is 5.26 Å². The minimum atomic E-state index is 0.373. The first-order valence-electron chi connectivity index (χ1n) is 3.66. The molecular weight excluding hydrogens is 140 g/mol. The summed E-state index contributed by atoms with van der Waals surface area (Å²) in [5.41, 5.74) is 1.02. The van der Waals surface area contributed by atoms with Gasteiger partial charge >= 0.3 is 0 Å². The standard InChI is InChI=1S/C9H12O2/c1-7(2)8-5-3-4-6-9(8)11-10/h3-7,10H,1-2H3. The van der Waals surface area contributed by atoms with Crippen LogP contribution in [0.15, 0.2) is 24.3 Å². The number of rotatable bonds is 2. The third kappa shape index (κ3) is 1.71. The van der Waals surface area contributed by atoms with E-state index < -0.39 is 0 Å². The molecule has 0 aliphatic carbocycles. The van der Waals surface area contributed by atoms with E-state index in [4.69, 9.17) is 5.26 Å². The predicted octanol–water partition coefficient (Wildman–Crippen LogP) is 2.66. The molecule has 0 saturated heterocycles. The lowest BCUT2D eigenvalue weighted by Gasteiger charge is -2.08. The number of para-hydroxylation sites is 1. The summed E-state index contributed by atoms with van der Waals surface area (Å²) in [5.74, 6) is 0.917. The third-order valence-electron chi connectivity index (χ3n) is 1.64. The monoisotopic (exact) mass is 152 g/mol. The van der Waals surface area contributed by atoms with E-state index in [0.717, 1.165) is 5.56 Å². The van der Waals surface area contributed by atoms with Crippen LogP contribution in [-0.2, 0) is 0 Å². The molecule has 0 spiro atoms. The molecule has 0 radical (unpaired) electrons. The molecule has 1 N–H and O–H groups in total. The summed E-state index contributed by atoms with van der Waals surface area (Å²) in [6.45, 7) is 4.11. The van der Waals surface area contributed by atoms with Gasteiger partial charge in [0.15, 0.2) is 5.75 Å². The molecule has 1 aromatic carbocycles. The van der Waals surface area contributed by atoms with Gasteiger partial charge in [0, 0.05) is 5.56 Å². The van der Waals surface area contributed by atoms with E-state index in [1.807, 2.05) is 18.2 Å². The summed E-state index contributed by atoms with van der Waals surface area (Å²) in [4.78, 5) is 4.21. The van der Waals surface area contributed by atoms with Crippen molar-refractivity contribution in [2.75, 3.05) is 0 Å². The fourth-order valence-electron chi connectivity index (χ4n) is 1.04. The molecule has 2 nitrogen and oxygen atoms in total. The fourth-order valence-corrected chi connectivity index (χ4v) is 1.04. The van der Waals surface area contributed by atoms with Gasteiger partial charge in [-0.2, -0.15) is 0 Å². The first-order valence-corrected chi connectivity index (χ1v) is 3.66. The molecule has 2 heteroatoms. The van der Waals surface area contributed by atoms with Gasteiger partial charge in [-0.15, -0.1) is 0 Å². The highest BCUT2D eigenvalue weighted by atomic mass is 17.1. The molecule has 1 aromatic rings. The molecule has 0 fully saturated rings. The second-order valence-electron chi connectivity index (χ2n) is 2.78. The zero-order valence-electron chi connectivity index (χ0n) is 6.74. The fraction of sp³-hybridized carbons (Fsp3) is 0.333. The van der Waals surface area contributed by atoms with Gasteiger partial charge in [0.2, 0.25) is 0 Å². The summed E-state index contributed by atoms with van der Waals surface area (Å²) in [6.07, 6.45) is 0. The predicted molar refractivity (Wildman–Crippen MR) is 43.8 cm³/mol. The highest BCUT2D eigenvalue weighted by molar-refractivity contribution is 5.34. The van der Waals surface area contributed by atoms with Crippen LogP contribution in [0.2, 0.25) is 0 Å². The van der Waals surface area contributed by atoms with E-state index in [-0.39, 0.29) is 0 Å². The van der Waals surface area contributed by atoms with Crippen molar-refractivity contribution in [1.82, 2.24) is 0 Å². The molecule has 0 amide bonds. The third-order valence-corrected chi connectivity index (χ3v) is 1.64. The maximum atomic E-state index is 8.47. The molecule has 0 aliphatic rings. The van der Waals surface area contributed by atoms with E-state index in [1.165, 1.54) is 0 Å². The number of hydrogen-bond acceptors (Lipinski definition) is 2. The minimum Gasteiger partial charge on any atom is -0.340 e. The second kappa shape index (κ2) is 3.39. The van der Waals surface area contributed by atoms with Gasteiger partial charge in [-0.25, -0.2) is 5.26 Å². The summed E-state index contributed by atoms with van der Waals surface area (Å²) >= 11 is 0. The van der Waals surface area contributed by atoms with Crippen molar-refractivity contribution in [2.24, 2.45) is 0 Å². The summed E-state index contributed by atoms with van der Waals surface area (Å²) in [6, 6.07) is 7.45. The Bertz CT molecular complexity index is 231. The van der Waals surface area contributed by atoms with Crippen molar-refractivity contribution in [2.45, 2.75) is 19.8 Å². The first-order chi connectivity index (χ1) is 5.25. The van der Waals surface area contributed by atoms with Crippen molar-refractivity contribution in [3.05, 3.63) is 29.8 Å². The SMILES string of the molecule is CC(C)c1ccccc1OO. The van der Waals surface area contributed by atoms with Gasteiger partial charge in [0.05, 0.1) is 0 Å². The normalized spacial score (nSPS) is 10.2. The lowest BCUT2D eigenvalue weighted by Crippen LogP contribution is -1.93. The van der Waals surface area contributed by atoms with Gasteiger partial charge < -0.3 is 4.89 Å². The highest BCUT2D eigenvalue weighted by Gasteiger charge is 2.05. The van der Waals surface area contributed by atoms with Gasteiger partial charge in [0.1, 0.15) is 0 Å². The molecule has 0 aliphatic heterocycles. The Morgan fingerprint density at radius 2 is 1.91 bits per heavy atom. The molecular formula is C9H12O2. The van der Waals surface area contributed by atoms with Crippen molar-refractivity contribution in [3.8, 4) is 5.75 Å². The van der Waals surface area contributed by atoms with Crippen LogP contribution in [0, 0.1) is 0 Å². The number of hydrogen-bond donors (Lipinski definition) is 1.